The molecule has 4 nitrogen and oxygen atoms in total. The summed E-state index contributed by atoms with van der Waals surface area (Å²) in [6.45, 7) is 0.234. The van der Waals surface area contributed by atoms with Crippen LogP contribution in [0.3, 0.4) is 0 Å². The monoisotopic (exact) mass is 299 g/mol. The van der Waals surface area contributed by atoms with E-state index in [0.717, 1.165) is 17.7 Å². The molecule has 0 fully saturated rings. The number of hydrogen-bond acceptors (Lipinski definition) is 3. The van der Waals surface area contributed by atoms with Gasteiger partial charge in [-0.25, -0.2) is 0 Å². The standard InChI is InChI=1S/C12H14BrNO3/c13-6-9(15)7-17-10-3-1-8-2-4-12(16)14-11(8)5-10/h1,3,5,9,15H,2,4,6-7H2,(H,14,16). The lowest BCUT2D eigenvalue weighted by molar-refractivity contribution is -0.116. The van der Waals surface area contributed by atoms with E-state index in [0.29, 0.717) is 17.5 Å². The number of halogens is 1. The lowest BCUT2D eigenvalue weighted by Crippen LogP contribution is -2.20. The molecule has 1 aliphatic rings. The van der Waals surface area contributed by atoms with Crippen molar-refractivity contribution in [2.75, 3.05) is 17.3 Å². The van der Waals surface area contributed by atoms with Crippen LogP contribution in [0.1, 0.15) is 12.0 Å². The Labute approximate surface area is 108 Å². The Morgan fingerprint density at radius 2 is 2.29 bits per heavy atom. The minimum Gasteiger partial charge on any atom is -0.491 e. The molecule has 0 bridgehead atoms. The molecule has 0 saturated heterocycles. The molecule has 5 heteroatoms. The van der Waals surface area contributed by atoms with Gasteiger partial charge in [0.05, 0.1) is 6.10 Å². The fourth-order valence-corrected chi connectivity index (χ4v) is 1.86. The second kappa shape index (κ2) is 5.51. The van der Waals surface area contributed by atoms with Crippen LogP contribution in [0.15, 0.2) is 18.2 Å². The maximum atomic E-state index is 11.3. The summed E-state index contributed by atoms with van der Waals surface area (Å²) in [4.78, 5) is 11.3. The molecule has 2 rings (SSSR count). The number of amides is 1. The number of aliphatic hydroxyl groups is 1. The van der Waals surface area contributed by atoms with Gasteiger partial charge in [0.2, 0.25) is 5.91 Å². The van der Waals surface area contributed by atoms with Crippen LogP contribution in [0, 0.1) is 0 Å². The summed E-state index contributed by atoms with van der Waals surface area (Å²) in [6, 6.07) is 5.61. The van der Waals surface area contributed by atoms with E-state index in [9.17, 15) is 9.90 Å². The number of aryl methyl sites for hydroxylation is 1. The summed E-state index contributed by atoms with van der Waals surface area (Å²) in [7, 11) is 0. The number of benzene rings is 1. The zero-order valence-electron chi connectivity index (χ0n) is 9.28. The number of ether oxygens (including phenoxy) is 1. The lowest BCUT2D eigenvalue weighted by Gasteiger charge is -2.18. The Hall–Kier alpha value is -1.07. The molecule has 1 unspecified atom stereocenters. The molecular formula is C12H14BrNO3. The first-order valence-corrected chi connectivity index (χ1v) is 6.61. The first-order chi connectivity index (χ1) is 8.19. The largest absolute Gasteiger partial charge is 0.491 e. The second-order valence-electron chi connectivity index (χ2n) is 3.99. The fourth-order valence-electron chi connectivity index (χ4n) is 1.68. The highest BCUT2D eigenvalue weighted by Crippen LogP contribution is 2.27. The predicted octanol–water partition coefficient (Wildman–Crippen LogP) is 1.71. The molecule has 1 aliphatic heterocycles. The maximum absolute atomic E-state index is 11.3. The molecule has 1 aromatic carbocycles. The summed E-state index contributed by atoms with van der Waals surface area (Å²) in [5.74, 6) is 0.695. The summed E-state index contributed by atoms with van der Waals surface area (Å²) in [6.07, 6.45) is 0.779. The average Bonchev–Trinajstić information content (AvgIpc) is 2.35. The highest BCUT2D eigenvalue weighted by molar-refractivity contribution is 9.09. The first-order valence-electron chi connectivity index (χ1n) is 5.48. The van der Waals surface area contributed by atoms with Crippen molar-refractivity contribution in [3.63, 3.8) is 0 Å². The molecule has 0 saturated carbocycles. The van der Waals surface area contributed by atoms with Crippen LogP contribution in [-0.2, 0) is 11.2 Å². The number of hydrogen-bond donors (Lipinski definition) is 2. The number of carbonyl (C=O) groups excluding carboxylic acids is 1. The van der Waals surface area contributed by atoms with Gasteiger partial charge in [0.1, 0.15) is 12.4 Å². The van der Waals surface area contributed by atoms with Crippen molar-refractivity contribution in [3.05, 3.63) is 23.8 Å². The van der Waals surface area contributed by atoms with Gasteiger partial charge in [-0.3, -0.25) is 4.79 Å². The van der Waals surface area contributed by atoms with Crippen molar-refractivity contribution >= 4 is 27.5 Å². The van der Waals surface area contributed by atoms with Crippen LogP contribution in [0.2, 0.25) is 0 Å². The molecular weight excluding hydrogens is 286 g/mol. The smallest absolute Gasteiger partial charge is 0.224 e. The van der Waals surface area contributed by atoms with E-state index in [1.165, 1.54) is 0 Å². The Balaban J connectivity index is 2.05. The van der Waals surface area contributed by atoms with E-state index in [1.54, 1.807) is 6.07 Å². The third-order valence-electron chi connectivity index (χ3n) is 2.60. The van der Waals surface area contributed by atoms with Crippen molar-refractivity contribution in [2.24, 2.45) is 0 Å². The molecule has 1 aromatic rings. The number of fused-ring (bicyclic) bond motifs is 1. The van der Waals surface area contributed by atoms with Gasteiger partial charge in [0, 0.05) is 23.5 Å². The zero-order valence-corrected chi connectivity index (χ0v) is 10.9. The Morgan fingerprint density at radius 3 is 3.06 bits per heavy atom. The van der Waals surface area contributed by atoms with Gasteiger partial charge in [-0.05, 0) is 18.1 Å². The van der Waals surface area contributed by atoms with Gasteiger partial charge in [0.25, 0.3) is 0 Å². The zero-order chi connectivity index (χ0) is 12.3. The number of anilines is 1. The minimum atomic E-state index is -0.527. The van der Waals surface area contributed by atoms with Crippen LogP contribution in [0.4, 0.5) is 5.69 Å². The number of rotatable bonds is 4. The third-order valence-corrected chi connectivity index (χ3v) is 3.34. The van der Waals surface area contributed by atoms with E-state index in [1.807, 2.05) is 12.1 Å². The molecule has 0 aliphatic carbocycles. The molecule has 92 valence electrons. The van der Waals surface area contributed by atoms with E-state index < -0.39 is 6.10 Å². The highest BCUT2D eigenvalue weighted by Gasteiger charge is 2.15. The molecule has 0 radical (unpaired) electrons. The van der Waals surface area contributed by atoms with Gasteiger partial charge >= 0.3 is 0 Å². The lowest BCUT2D eigenvalue weighted by atomic mass is 10.0. The SMILES string of the molecule is O=C1CCc2ccc(OCC(O)CBr)cc2N1. The summed E-state index contributed by atoms with van der Waals surface area (Å²) >= 11 is 3.17. The summed E-state index contributed by atoms with van der Waals surface area (Å²) in [5, 5.41) is 12.7. The van der Waals surface area contributed by atoms with E-state index in [-0.39, 0.29) is 12.5 Å². The first kappa shape index (κ1) is 12.4. The van der Waals surface area contributed by atoms with Gasteiger partial charge in [0.15, 0.2) is 0 Å². The highest BCUT2D eigenvalue weighted by atomic mass is 79.9. The van der Waals surface area contributed by atoms with Crippen molar-refractivity contribution in [1.29, 1.82) is 0 Å². The topological polar surface area (TPSA) is 58.6 Å². The maximum Gasteiger partial charge on any atom is 0.224 e. The number of alkyl halides is 1. The molecule has 17 heavy (non-hydrogen) atoms. The molecule has 1 atom stereocenters. The van der Waals surface area contributed by atoms with Crippen molar-refractivity contribution in [3.8, 4) is 5.75 Å². The normalized spacial score (nSPS) is 16.0. The van der Waals surface area contributed by atoms with E-state index >= 15 is 0 Å². The predicted molar refractivity (Wildman–Crippen MR) is 68.7 cm³/mol. The third kappa shape index (κ3) is 3.20. The number of aliphatic hydroxyl groups excluding tert-OH is 1. The Morgan fingerprint density at radius 1 is 1.47 bits per heavy atom. The van der Waals surface area contributed by atoms with Crippen LogP contribution in [0.25, 0.3) is 0 Å². The van der Waals surface area contributed by atoms with Crippen LogP contribution in [0.5, 0.6) is 5.75 Å². The molecule has 1 heterocycles. The van der Waals surface area contributed by atoms with Crippen LogP contribution in [-0.4, -0.2) is 29.1 Å². The van der Waals surface area contributed by atoms with Gasteiger partial charge in [-0.15, -0.1) is 0 Å². The molecule has 2 N–H and O–H groups in total. The molecule has 0 spiro atoms. The van der Waals surface area contributed by atoms with Crippen molar-refractivity contribution in [2.45, 2.75) is 18.9 Å². The minimum absolute atomic E-state index is 0.0372. The van der Waals surface area contributed by atoms with Crippen molar-refractivity contribution in [1.82, 2.24) is 0 Å². The van der Waals surface area contributed by atoms with E-state index in [4.69, 9.17) is 4.74 Å². The number of carbonyl (C=O) groups is 1. The van der Waals surface area contributed by atoms with Gasteiger partial charge < -0.3 is 15.2 Å². The fraction of sp³-hybridized carbons (Fsp3) is 0.417. The quantitative estimate of drug-likeness (QED) is 0.832. The van der Waals surface area contributed by atoms with Crippen molar-refractivity contribution < 1.29 is 14.6 Å². The van der Waals surface area contributed by atoms with E-state index in [2.05, 4.69) is 21.2 Å². The van der Waals surface area contributed by atoms with Crippen LogP contribution < -0.4 is 10.1 Å². The van der Waals surface area contributed by atoms with Gasteiger partial charge in [-0.2, -0.15) is 0 Å². The Kier molecular flexibility index (Phi) is 4.02. The summed E-state index contributed by atoms with van der Waals surface area (Å²) in [5.41, 5.74) is 1.94. The van der Waals surface area contributed by atoms with Gasteiger partial charge in [-0.1, -0.05) is 22.0 Å². The second-order valence-corrected chi connectivity index (χ2v) is 4.63. The average molecular weight is 300 g/mol. The number of nitrogens with one attached hydrogen (secondary N) is 1. The molecule has 1 amide bonds. The molecule has 0 aromatic heterocycles. The Bertz CT molecular complexity index is 422. The summed E-state index contributed by atoms with van der Waals surface area (Å²) < 4.78 is 5.43. The van der Waals surface area contributed by atoms with Crippen LogP contribution >= 0.6 is 15.9 Å².